The van der Waals surface area contributed by atoms with Crippen molar-refractivity contribution < 1.29 is 15.0 Å². The Morgan fingerprint density at radius 1 is 1.25 bits per heavy atom. The molecule has 2 heterocycles. The van der Waals surface area contributed by atoms with Gasteiger partial charge in [-0.15, -0.1) is 15.0 Å². The molecular weight excluding hydrogens is 376 g/mol. The van der Waals surface area contributed by atoms with Gasteiger partial charge in [0.1, 0.15) is 0 Å². The predicted octanol–water partition coefficient (Wildman–Crippen LogP) is 2.47. The van der Waals surface area contributed by atoms with E-state index in [0.29, 0.717) is 17.9 Å². The molecule has 1 fully saturated rings. The number of aliphatic hydroxyl groups excluding tert-OH is 1. The maximum absolute atomic E-state index is 11.6. The van der Waals surface area contributed by atoms with Crippen molar-refractivity contribution in [2.45, 2.75) is 31.7 Å². The number of carboxylic acids is 1. The molecule has 2 N–H and O–H groups in total. The molecule has 1 atom stereocenters. The van der Waals surface area contributed by atoms with Crippen LogP contribution >= 0.6 is 15.9 Å². The van der Waals surface area contributed by atoms with Crippen LogP contribution in [0.3, 0.4) is 0 Å². The SMILES string of the molecule is O=C(O)c1nn(-c2ccc(Br)cc2)nc1N1CCCCC1CCO. The van der Waals surface area contributed by atoms with Gasteiger partial charge in [-0.3, -0.25) is 0 Å². The molecule has 0 bridgehead atoms. The number of benzene rings is 1. The normalized spacial score (nSPS) is 17.9. The summed E-state index contributed by atoms with van der Waals surface area (Å²) < 4.78 is 0.927. The van der Waals surface area contributed by atoms with E-state index >= 15 is 0 Å². The Morgan fingerprint density at radius 2 is 2.00 bits per heavy atom. The van der Waals surface area contributed by atoms with Crippen molar-refractivity contribution in [3.63, 3.8) is 0 Å². The summed E-state index contributed by atoms with van der Waals surface area (Å²) >= 11 is 3.37. The van der Waals surface area contributed by atoms with Crippen LogP contribution in [0.1, 0.15) is 36.2 Å². The van der Waals surface area contributed by atoms with E-state index in [-0.39, 0.29) is 18.3 Å². The summed E-state index contributed by atoms with van der Waals surface area (Å²) in [6.07, 6.45) is 3.57. The number of aromatic nitrogens is 3. The first kappa shape index (κ1) is 16.9. The van der Waals surface area contributed by atoms with Gasteiger partial charge in [0.05, 0.1) is 5.69 Å². The lowest BCUT2D eigenvalue weighted by Crippen LogP contribution is -2.41. The van der Waals surface area contributed by atoms with Gasteiger partial charge in [-0.1, -0.05) is 15.9 Å². The highest BCUT2D eigenvalue weighted by Gasteiger charge is 2.30. The van der Waals surface area contributed by atoms with Gasteiger partial charge in [-0.2, -0.15) is 0 Å². The van der Waals surface area contributed by atoms with Crippen LogP contribution in [0.15, 0.2) is 28.7 Å². The third-order valence-electron chi connectivity index (χ3n) is 4.22. The summed E-state index contributed by atoms with van der Waals surface area (Å²) in [4.78, 5) is 15.0. The number of piperidine rings is 1. The van der Waals surface area contributed by atoms with Crippen LogP contribution in [0.5, 0.6) is 0 Å². The summed E-state index contributed by atoms with van der Waals surface area (Å²) in [5, 5.41) is 27.4. The smallest absolute Gasteiger partial charge is 0.360 e. The van der Waals surface area contributed by atoms with Crippen molar-refractivity contribution in [3.05, 3.63) is 34.4 Å². The Kier molecular flexibility index (Phi) is 5.15. The zero-order chi connectivity index (χ0) is 17.1. The molecule has 24 heavy (non-hydrogen) atoms. The van der Waals surface area contributed by atoms with Crippen LogP contribution in [-0.4, -0.2) is 50.4 Å². The molecule has 1 unspecified atom stereocenters. The zero-order valence-corrected chi connectivity index (χ0v) is 14.7. The van der Waals surface area contributed by atoms with Crippen LogP contribution in [-0.2, 0) is 0 Å². The van der Waals surface area contributed by atoms with E-state index in [2.05, 4.69) is 26.1 Å². The molecule has 1 aliphatic heterocycles. The second kappa shape index (κ2) is 7.31. The van der Waals surface area contributed by atoms with Gasteiger partial charge in [-0.05, 0) is 49.9 Å². The van der Waals surface area contributed by atoms with Crippen molar-refractivity contribution in [3.8, 4) is 5.69 Å². The molecule has 1 aromatic carbocycles. The van der Waals surface area contributed by atoms with Crippen molar-refractivity contribution in [1.29, 1.82) is 0 Å². The molecule has 8 heteroatoms. The number of aliphatic hydroxyl groups is 1. The molecule has 3 rings (SSSR count). The maximum atomic E-state index is 11.6. The van der Waals surface area contributed by atoms with Crippen molar-refractivity contribution in [2.24, 2.45) is 0 Å². The monoisotopic (exact) mass is 394 g/mol. The number of rotatable bonds is 5. The van der Waals surface area contributed by atoms with E-state index in [0.717, 1.165) is 30.3 Å². The summed E-state index contributed by atoms with van der Waals surface area (Å²) in [6.45, 7) is 0.800. The lowest BCUT2D eigenvalue weighted by atomic mass is 9.99. The first-order chi connectivity index (χ1) is 11.6. The van der Waals surface area contributed by atoms with Gasteiger partial charge in [0, 0.05) is 23.7 Å². The Bertz CT molecular complexity index is 715. The number of nitrogens with zero attached hydrogens (tertiary/aromatic N) is 4. The quantitative estimate of drug-likeness (QED) is 0.808. The van der Waals surface area contributed by atoms with Crippen LogP contribution in [0, 0.1) is 0 Å². The first-order valence-electron chi connectivity index (χ1n) is 7.94. The average molecular weight is 395 g/mol. The van der Waals surface area contributed by atoms with Crippen LogP contribution in [0.4, 0.5) is 5.82 Å². The van der Waals surface area contributed by atoms with E-state index in [9.17, 15) is 15.0 Å². The largest absolute Gasteiger partial charge is 0.476 e. The van der Waals surface area contributed by atoms with E-state index < -0.39 is 5.97 Å². The number of hydrogen-bond donors (Lipinski definition) is 2. The number of carbonyl (C=O) groups is 1. The Labute approximate surface area is 148 Å². The van der Waals surface area contributed by atoms with E-state index in [1.807, 2.05) is 29.2 Å². The molecule has 128 valence electrons. The molecular formula is C16H19BrN4O3. The molecule has 0 spiro atoms. The second-order valence-corrected chi connectivity index (χ2v) is 6.71. The van der Waals surface area contributed by atoms with Crippen LogP contribution in [0.2, 0.25) is 0 Å². The standard InChI is InChI=1S/C16H19BrN4O3/c17-11-4-6-13(7-5-11)21-18-14(16(23)24)15(19-21)20-9-2-1-3-12(20)8-10-22/h4-7,12,22H,1-3,8-10H2,(H,23,24). The van der Waals surface area contributed by atoms with Gasteiger partial charge >= 0.3 is 5.97 Å². The highest BCUT2D eigenvalue weighted by atomic mass is 79.9. The summed E-state index contributed by atoms with van der Waals surface area (Å²) in [5.74, 6) is -0.717. The highest BCUT2D eigenvalue weighted by Crippen LogP contribution is 2.28. The number of carboxylic acid groups (broad SMARTS) is 1. The average Bonchev–Trinajstić information content (AvgIpc) is 3.02. The Hall–Kier alpha value is -1.93. The molecule has 0 amide bonds. The van der Waals surface area contributed by atoms with Crippen molar-refractivity contribution >= 4 is 27.7 Å². The number of anilines is 1. The number of halogens is 1. The van der Waals surface area contributed by atoms with Gasteiger partial charge in [0.2, 0.25) is 5.69 Å². The summed E-state index contributed by atoms with van der Waals surface area (Å²) in [5.41, 5.74) is 0.644. The molecule has 1 aromatic heterocycles. The van der Waals surface area contributed by atoms with Crippen LogP contribution < -0.4 is 4.90 Å². The predicted molar refractivity (Wildman–Crippen MR) is 92.7 cm³/mol. The topological polar surface area (TPSA) is 91.5 Å². The van der Waals surface area contributed by atoms with Gasteiger partial charge in [0.15, 0.2) is 5.82 Å². The molecule has 0 aliphatic carbocycles. The van der Waals surface area contributed by atoms with E-state index in [1.54, 1.807) is 0 Å². The van der Waals surface area contributed by atoms with Gasteiger partial charge in [-0.25, -0.2) is 4.79 Å². The lowest BCUT2D eigenvalue weighted by Gasteiger charge is -2.35. The fourth-order valence-electron chi connectivity index (χ4n) is 3.05. The second-order valence-electron chi connectivity index (χ2n) is 5.80. The molecule has 1 aliphatic rings. The fraction of sp³-hybridized carbons (Fsp3) is 0.438. The van der Waals surface area contributed by atoms with Crippen molar-refractivity contribution in [2.75, 3.05) is 18.1 Å². The Morgan fingerprint density at radius 3 is 2.67 bits per heavy atom. The first-order valence-corrected chi connectivity index (χ1v) is 8.73. The third kappa shape index (κ3) is 3.44. The third-order valence-corrected chi connectivity index (χ3v) is 4.75. The number of aromatic carboxylic acids is 1. The molecule has 2 aromatic rings. The molecule has 0 radical (unpaired) electrons. The van der Waals surface area contributed by atoms with E-state index in [4.69, 9.17) is 0 Å². The fourth-order valence-corrected chi connectivity index (χ4v) is 3.31. The summed E-state index contributed by atoms with van der Waals surface area (Å²) in [6, 6.07) is 7.45. The minimum absolute atomic E-state index is 0.0530. The summed E-state index contributed by atoms with van der Waals surface area (Å²) in [7, 11) is 0. The minimum Gasteiger partial charge on any atom is -0.476 e. The van der Waals surface area contributed by atoms with Gasteiger partial charge < -0.3 is 15.1 Å². The highest BCUT2D eigenvalue weighted by molar-refractivity contribution is 9.10. The Balaban J connectivity index is 1.99. The molecule has 1 saturated heterocycles. The van der Waals surface area contributed by atoms with Gasteiger partial charge in [0.25, 0.3) is 0 Å². The minimum atomic E-state index is -1.10. The van der Waals surface area contributed by atoms with E-state index in [1.165, 1.54) is 4.80 Å². The number of hydrogen-bond acceptors (Lipinski definition) is 5. The van der Waals surface area contributed by atoms with Crippen molar-refractivity contribution in [1.82, 2.24) is 15.0 Å². The zero-order valence-electron chi connectivity index (χ0n) is 13.1. The maximum Gasteiger partial charge on any atom is 0.360 e. The van der Waals surface area contributed by atoms with Crippen LogP contribution in [0.25, 0.3) is 5.69 Å². The lowest BCUT2D eigenvalue weighted by molar-refractivity contribution is 0.0690. The molecule has 7 nitrogen and oxygen atoms in total. The molecule has 0 saturated carbocycles.